The summed E-state index contributed by atoms with van der Waals surface area (Å²) in [5.41, 5.74) is 0. The van der Waals surface area contributed by atoms with Crippen LogP contribution >= 0.6 is 0 Å². The van der Waals surface area contributed by atoms with E-state index in [-0.39, 0.29) is 46.4 Å². The van der Waals surface area contributed by atoms with Gasteiger partial charge in [-0.15, -0.1) is 0 Å². The number of carbonyl (C=O) groups is 1. The molecule has 0 bridgehead atoms. The zero-order valence-electron chi connectivity index (χ0n) is 7.26. The summed E-state index contributed by atoms with van der Waals surface area (Å²) in [5, 5.41) is 0. The Labute approximate surface area is 101 Å². The van der Waals surface area contributed by atoms with Crippen LogP contribution in [0, 0.1) is 40.4 Å². The van der Waals surface area contributed by atoms with Crippen molar-refractivity contribution in [1.29, 1.82) is 0 Å². The molecule has 0 aliphatic rings. The number of esters is 1. The van der Waals surface area contributed by atoms with E-state index in [1.54, 1.807) is 0 Å². The molecule has 66 valence electrons. The van der Waals surface area contributed by atoms with Crippen molar-refractivity contribution < 1.29 is 49.9 Å². The van der Waals surface area contributed by atoms with E-state index in [4.69, 9.17) is 4.74 Å². The molecule has 0 rings (SSSR count). The van der Waals surface area contributed by atoms with Gasteiger partial charge in [0.15, 0.2) is 0 Å². The van der Waals surface area contributed by atoms with Crippen LogP contribution < -0.4 is 0 Å². The van der Waals surface area contributed by atoms with E-state index in [2.05, 4.69) is 6.92 Å². The molecule has 0 aromatic rings. The molecule has 0 amide bonds. The van der Waals surface area contributed by atoms with Crippen molar-refractivity contribution >= 4 is 5.97 Å². The molecule has 0 aromatic heterocycles. The summed E-state index contributed by atoms with van der Waals surface area (Å²) in [4.78, 5) is 10.7. The molecule has 0 N–H and O–H groups in total. The van der Waals surface area contributed by atoms with Gasteiger partial charge in [0.05, 0.1) is 6.61 Å². The van der Waals surface area contributed by atoms with Crippen LogP contribution in [-0.2, 0) is 9.53 Å². The van der Waals surface area contributed by atoms with Crippen molar-refractivity contribution in [1.82, 2.24) is 0 Å². The maximum absolute atomic E-state index is 10.7. The van der Waals surface area contributed by atoms with Crippen LogP contribution in [-0.4, -0.2) is 12.6 Å². The molecule has 0 atom stereocenters. The molecule has 0 heterocycles. The Hall–Kier alpha value is 0.808. The Morgan fingerprint density at radius 3 is 2.36 bits per heavy atom. The van der Waals surface area contributed by atoms with E-state index in [0.29, 0.717) is 13.0 Å². The molecular formula is C8H16O2Sm. The minimum Gasteiger partial charge on any atom is -0.466 e. The van der Waals surface area contributed by atoms with Crippen molar-refractivity contribution in [3.05, 3.63) is 0 Å². The fourth-order valence-corrected chi connectivity index (χ4v) is 0.752. The molecule has 0 saturated heterocycles. The number of ether oxygens (including phenoxy) is 1. The van der Waals surface area contributed by atoms with Gasteiger partial charge in [0.25, 0.3) is 0 Å². The van der Waals surface area contributed by atoms with Crippen molar-refractivity contribution in [2.75, 3.05) is 6.61 Å². The van der Waals surface area contributed by atoms with Gasteiger partial charge in [-0.05, 0) is 13.3 Å². The van der Waals surface area contributed by atoms with Gasteiger partial charge >= 0.3 is 5.97 Å². The smallest absolute Gasteiger partial charge is 0.305 e. The SMILES string of the molecule is CCCCCC(=O)OCC.[Sm]. The van der Waals surface area contributed by atoms with Gasteiger partial charge in [0, 0.05) is 46.8 Å². The van der Waals surface area contributed by atoms with E-state index >= 15 is 0 Å². The van der Waals surface area contributed by atoms with E-state index < -0.39 is 0 Å². The first-order valence-corrected chi connectivity index (χ1v) is 3.96. The number of hydrogen-bond donors (Lipinski definition) is 0. The Bertz CT molecular complexity index is 94.1. The van der Waals surface area contributed by atoms with Crippen LogP contribution in [0.15, 0.2) is 0 Å². The monoisotopic (exact) mass is 296 g/mol. The van der Waals surface area contributed by atoms with E-state index in [0.717, 1.165) is 19.3 Å². The summed E-state index contributed by atoms with van der Waals surface area (Å²) < 4.78 is 4.75. The fourth-order valence-electron chi connectivity index (χ4n) is 0.752. The van der Waals surface area contributed by atoms with Crippen LogP contribution in [0.4, 0.5) is 0 Å². The maximum Gasteiger partial charge on any atom is 0.305 e. The summed E-state index contributed by atoms with van der Waals surface area (Å²) in [6.07, 6.45) is 3.83. The van der Waals surface area contributed by atoms with Gasteiger partial charge in [-0.3, -0.25) is 4.79 Å². The van der Waals surface area contributed by atoms with E-state index in [9.17, 15) is 4.79 Å². The fraction of sp³-hybridized carbons (Fsp3) is 0.875. The van der Waals surface area contributed by atoms with E-state index in [1.165, 1.54) is 0 Å². The van der Waals surface area contributed by atoms with Crippen LogP contribution in [0.3, 0.4) is 0 Å². The maximum atomic E-state index is 10.7. The molecule has 0 aliphatic heterocycles. The average molecular weight is 295 g/mol. The minimum absolute atomic E-state index is 0. The molecule has 0 saturated carbocycles. The minimum atomic E-state index is -0.0593. The number of unbranched alkanes of at least 4 members (excludes halogenated alkanes) is 2. The predicted molar refractivity (Wildman–Crippen MR) is 40.8 cm³/mol. The van der Waals surface area contributed by atoms with Gasteiger partial charge in [0.1, 0.15) is 0 Å². The summed E-state index contributed by atoms with van der Waals surface area (Å²) in [5.74, 6) is -0.0593. The Morgan fingerprint density at radius 2 is 1.91 bits per heavy atom. The molecule has 0 aromatic carbocycles. The third kappa shape index (κ3) is 10.8. The van der Waals surface area contributed by atoms with Gasteiger partial charge < -0.3 is 4.74 Å². The molecule has 0 unspecified atom stereocenters. The van der Waals surface area contributed by atoms with Gasteiger partial charge in [-0.1, -0.05) is 19.8 Å². The first-order chi connectivity index (χ1) is 4.81. The topological polar surface area (TPSA) is 26.3 Å². The molecule has 0 radical (unpaired) electrons. The van der Waals surface area contributed by atoms with Crippen LogP contribution in [0.1, 0.15) is 39.5 Å². The van der Waals surface area contributed by atoms with Crippen molar-refractivity contribution in [3.8, 4) is 0 Å². The second-order valence-electron chi connectivity index (χ2n) is 2.26. The van der Waals surface area contributed by atoms with Crippen LogP contribution in [0.5, 0.6) is 0 Å². The zero-order chi connectivity index (χ0) is 7.82. The van der Waals surface area contributed by atoms with Gasteiger partial charge in [0.2, 0.25) is 0 Å². The standard InChI is InChI=1S/C8H16O2.Sm/c1-3-5-6-7-8(9)10-4-2;/h3-7H2,1-2H3;. The summed E-state index contributed by atoms with van der Waals surface area (Å²) >= 11 is 0. The molecule has 0 fully saturated rings. The summed E-state index contributed by atoms with van der Waals surface area (Å²) in [6.45, 7) is 4.45. The Kier molecular flexibility index (Phi) is 14.1. The summed E-state index contributed by atoms with van der Waals surface area (Å²) in [7, 11) is 0. The van der Waals surface area contributed by atoms with Crippen LogP contribution in [0.25, 0.3) is 0 Å². The van der Waals surface area contributed by atoms with Crippen molar-refractivity contribution in [2.24, 2.45) is 0 Å². The summed E-state index contributed by atoms with van der Waals surface area (Å²) in [6, 6.07) is 0. The van der Waals surface area contributed by atoms with Crippen molar-refractivity contribution in [3.63, 3.8) is 0 Å². The second kappa shape index (κ2) is 10.8. The molecule has 0 aliphatic carbocycles. The molecule has 3 heteroatoms. The van der Waals surface area contributed by atoms with Gasteiger partial charge in [-0.2, -0.15) is 0 Å². The third-order valence-corrected chi connectivity index (χ3v) is 1.29. The quantitative estimate of drug-likeness (QED) is 0.573. The van der Waals surface area contributed by atoms with E-state index in [1.807, 2.05) is 6.92 Å². The molecule has 2 nitrogen and oxygen atoms in total. The average Bonchev–Trinajstić information content (AvgIpc) is 1.89. The van der Waals surface area contributed by atoms with Gasteiger partial charge in [-0.25, -0.2) is 0 Å². The number of rotatable bonds is 5. The number of carbonyl (C=O) groups excluding carboxylic acids is 1. The molecular weight excluding hydrogens is 278 g/mol. The van der Waals surface area contributed by atoms with Crippen molar-refractivity contribution in [2.45, 2.75) is 39.5 Å². The Morgan fingerprint density at radius 1 is 1.27 bits per heavy atom. The van der Waals surface area contributed by atoms with Crippen LogP contribution in [0.2, 0.25) is 0 Å². The normalized spacial score (nSPS) is 8.55. The largest absolute Gasteiger partial charge is 0.466 e. The Balaban J connectivity index is 0. The molecule has 11 heavy (non-hydrogen) atoms. The third-order valence-electron chi connectivity index (χ3n) is 1.29. The molecule has 0 spiro atoms. The first-order valence-electron chi connectivity index (χ1n) is 3.96. The second-order valence-corrected chi connectivity index (χ2v) is 2.26. The zero-order valence-corrected chi connectivity index (χ0v) is 9.88. The first kappa shape index (κ1) is 14.3. The predicted octanol–water partition coefficient (Wildman–Crippen LogP) is 2.13. The number of hydrogen-bond acceptors (Lipinski definition) is 2.